The van der Waals surface area contributed by atoms with Gasteiger partial charge in [-0.3, -0.25) is 0 Å². The van der Waals surface area contributed by atoms with Crippen LogP contribution >= 0.6 is 0 Å². The summed E-state index contributed by atoms with van der Waals surface area (Å²) in [4.78, 5) is 0. The van der Waals surface area contributed by atoms with E-state index in [-0.39, 0.29) is 5.60 Å². The Balaban J connectivity index is 1.26. The van der Waals surface area contributed by atoms with Gasteiger partial charge in [0.15, 0.2) is 0 Å². The molecule has 0 aromatic rings. The van der Waals surface area contributed by atoms with Gasteiger partial charge in [0.1, 0.15) is 0 Å². The molecular formula is C29H47NO2. The van der Waals surface area contributed by atoms with E-state index in [1.165, 1.54) is 70.8 Å². The van der Waals surface area contributed by atoms with Crippen LogP contribution < -0.4 is 5.32 Å². The van der Waals surface area contributed by atoms with E-state index in [0.29, 0.717) is 29.6 Å². The van der Waals surface area contributed by atoms with Gasteiger partial charge in [0, 0.05) is 19.1 Å². The largest absolute Gasteiger partial charge is 0.381 e. The maximum atomic E-state index is 7.05. The second-order valence-electron chi connectivity index (χ2n) is 13.3. The molecule has 5 fully saturated rings. The molecule has 0 amide bonds. The molecule has 32 heavy (non-hydrogen) atoms. The van der Waals surface area contributed by atoms with Crippen LogP contribution in [0.4, 0.5) is 0 Å². The van der Waals surface area contributed by atoms with Gasteiger partial charge in [0.05, 0.1) is 17.8 Å². The predicted molar refractivity (Wildman–Crippen MR) is 129 cm³/mol. The molecule has 1 unspecified atom stereocenters. The lowest BCUT2D eigenvalue weighted by Gasteiger charge is -2.54. The van der Waals surface area contributed by atoms with E-state index in [9.17, 15) is 0 Å². The van der Waals surface area contributed by atoms with E-state index in [1.54, 1.807) is 5.57 Å². The smallest absolute Gasteiger partial charge is 0.0765 e. The van der Waals surface area contributed by atoms with Gasteiger partial charge >= 0.3 is 0 Å². The average molecular weight is 442 g/mol. The number of hydrogen-bond donors (Lipinski definition) is 1. The minimum absolute atomic E-state index is 0.0843. The number of piperidine rings is 1. The molecule has 0 bridgehead atoms. The van der Waals surface area contributed by atoms with Crippen molar-refractivity contribution >= 4 is 0 Å². The lowest BCUT2D eigenvalue weighted by Crippen LogP contribution is -2.48. The zero-order chi connectivity index (χ0) is 22.3. The zero-order valence-corrected chi connectivity index (χ0v) is 21.3. The molecule has 2 saturated heterocycles. The highest BCUT2D eigenvalue weighted by atomic mass is 16.5. The van der Waals surface area contributed by atoms with Gasteiger partial charge in [-0.2, -0.15) is 0 Å². The summed E-state index contributed by atoms with van der Waals surface area (Å²) in [5.74, 6) is 4.92. The van der Waals surface area contributed by atoms with Crippen LogP contribution in [0.3, 0.4) is 0 Å². The fourth-order valence-corrected chi connectivity index (χ4v) is 10.00. The number of hydrogen-bond acceptors (Lipinski definition) is 3. The predicted octanol–water partition coefficient (Wildman–Crippen LogP) is 6.13. The van der Waals surface area contributed by atoms with Crippen molar-refractivity contribution in [1.29, 1.82) is 0 Å². The molecule has 1 spiro atoms. The lowest BCUT2D eigenvalue weighted by atomic mass is 9.52. The first-order valence-corrected chi connectivity index (χ1v) is 14.0. The highest BCUT2D eigenvalue weighted by molar-refractivity contribution is 5.29. The van der Waals surface area contributed by atoms with Crippen LogP contribution in [-0.4, -0.2) is 37.5 Å². The number of nitrogens with one attached hydrogen (secondary N) is 1. The molecule has 3 saturated carbocycles. The fraction of sp³-hybridized carbons (Fsp3) is 0.931. The summed E-state index contributed by atoms with van der Waals surface area (Å²) in [5, 5.41) is 3.88. The third-order valence-electron chi connectivity index (χ3n) is 11.9. The van der Waals surface area contributed by atoms with Crippen molar-refractivity contribution in [3.8, 4) is 0 Å². The maximum Gasteiger partial charge on any atom is 0.0765 e. The Morgan fingerprint density at radius 3 is 2.72 bits per heavy atom. The summed E-state index contributed by atoms with van der Waals surface area (Å²) in [6.45, 7) is 11.2. The van der Waals surface area contributed by atoms with Crippen molar-refractivity contribution in [3.05, 3.63) is 11.1 Å². The van der Waals surface area contributed by atoms with Crippen LogP contribution in [0.5, 0.6) is 0 Å². The first kappa shape index (κ1) is 22.1. The molecule has 6 aliphatic rings. The number of methoxy groups -OCH3 is 1. The van der Waals surface area contributed by atoms with Gasteiger partial charge in [-0.15, -0.1) is 0 Å². The maximum absolute atomic E-state index is 7.05. The Hall–Kier alpha value is -0.380. The Morgan fingerprint density at radius 1 is 1.06 bits per heavy atom. The van der Waals surface area contributed by atoms with Crippen LogP contribution in [0.25, 0.3) is 0 Å². The summed E-state index contributed by atoms with van der Waals surface area (Å²) < 4.78 is 12.9. The standard InChI is InChI=1S/C29H47NO2/c1-17-12-26-27(30-16-17)19(3)29(32-26)11-9-22-23-7-6-20-13-21(31-5)8-10-28(20,4)25(23)14-24(22)18(2)15-29/h17,19-23,25-27,30H,6-16H2,1-5H3/t17-,19+,20?,21+,22-,23-,25-,26+,27-,28-,29-/m0/s1. The minimum atomic E-state index is 0.0843. The van der Waals surface area contributed by atoms with Crippen molar-refractivity contribution in [2.75, 3.05) is 13.7 Å². The van der Waals surface area contributed by atoms with E-state index in [4.69, 9.17) is 9.47 Å². The molecular weight excluding hydrogens is 394 g/mol. The van der Waals surface area contributed by atoms with Gasteiger partial charge in [-0.05, 0) is 113 Å². The average Bonchev–Trinajstić information content (AvgIpc) is 3.23. The number of fused-ring (bicyclic) bond motifs is 6. The Morgan fingerprint density at radius 2 is 1.91 bits per heavy atom. The molecule has 3 heteroatoms. The molecule has 2 aliphatic heterocycles. The first-order valence-electron chi connectivity index (χ1n) is 14.0. The highest BCUT2D eigenvalue weighted by Crippen LogP contribution is 2.65. The molecule has 180 valence electrons. The highest BCUT2D eigenvalue weighted by Gasteiger charge is 2.59. The molecule has 6 rings (SSSR count). The first-order chi connectivity index (χ1) is 15.3. The SMILES string of the molecule is CO[C@@H]1CC[C@@]2(C)C(CC[C@H]3[C@@H]4CC[C@@]5(CC(C)=C4C[C@@H]32)O[C@@H]2C[C@H](C)CN[C@H]2[C@H]5C)C1. The molecule has 3 nitrogen and oxygen atoms in total. The number of ether oxygens (including phenoxy) is 2. The van der Waals surface area contributed by atoms with Crippen molar-refractivity contribution in [3.63, 3.8) is 0 Å². The van der Waals surface area contributed by atoms with Gasteiger partial charge in [-0.1, -0.05) is 31.9 Å². The lowest BCUT2D eigenvalue weighted by molar-refractivity contribution is -0.0841. The molecule has 2 heterocycles. The van der Waals surface area contributed by atoms with Crippen LogP contribution in [-0.2, 0) is 9.47 Å². The van der Waals surface area contributed by atoms with E-state index in [2.05, 4.69) is 33.0 Å². The number of allylic oxidation sites excluding steroid dienone is 1. The van der Waals surface area contributed by atoms with E-state index < -0.39 is 0 Å². The summed E-state index contributed by atoms with van der Waals surface area (Å²) in [5.41, 5.74) is 4.22. The normalized spacial score (nSPS) is 55.2. The Kier molecular flexibility index (Phi) is 5.40. The van der Waals surface area contributed by atoms with E-state index in [1.807, 2.05) is 12.7 Å². The molecule has 0 aromatic heterocycles. The van der Waals surface area contributed by atoms with Crippen molar-refractivity contribution < 1.29 is 9.47 Å². The van der Waals surface area contributed by atoms with Crippen LogP contribution in [0, 0.1) is 40.9 Å². The topological polar surface area (TPSA) is 30.5 Å². The van der Waals surface area contributed by atoms with Crippen LogP contribution in [0.1, 0.15) is 91.9 Å². The zero-order valence-electron chi connectivity index (χ0n) is 21.3. The third-order valence-corrected chi connectivity index (χ3v) is 11.9. The number of rotatable bonds is 1. The second kappa shape index (κ2) is 7.82. The summed E-state index contributed by atoms with van der Waals surface area (Å²) in [6, 6.07) is 0.569. The minimum Gasteiger partial charge on any atom is -0.381 e. The summed E-state index contributed by atoms with van der Waals surface area (Å²) in [6.07, 6.45) is 14.3. The van der Waals surface area contributed by atoms with Gasteiger partial charge in [0.2, 0.25) is 0 Å². The van der Waals surface area contributed by atoms with Gasteiger partial charge in [0.25, 0.3) is 0 Å². The van der Waals surface area contributed by atoms with Crippen LogP contribution in [0.2, 0.25) is 0 Å². The fourth-order valence-electron chi connectivity index (χ4n) is 10.00. The van der Waals surface area contributed by atoms with Gasteiger partial charge < -0.3 is 14.8 Å². The van der Waals surface area contributed by atoms with Gasteiger partial charge in [-0.25, -0.2) is 0 Å². The molecule has 11 atom stereocenters. The third kappa shape index (κ3) is 3.16. The summed E-state index contributed by atoms with van der Waals surface area (Å²) >= 11 is 0. The van der Waals surface area contributed by atoms with Crippen molar-refractivity contribution in [2.45, 2.75) is 116 Å². The monoisotopic (exact) mass is 441 g/mol. The van der Waals surface area contributed by atoms with E-state index in [0.717, 1.165) is 29.6 Å². The van der Waals surface area contributed by atoms with E-state index >= 15 is 0 Å². The molecule has 4 aliphatic carbocycles. The molecule has 0 aromatic carbocycles. The summed E-state index contributed by atoms with van der Waals surface area (Å²) in [7, 11) is 1.93. The Labute approximate surface area is 196 Å². The second-order valence-corrected chi connectivity index (χ2v) is 13.3. The quantitative estimate of drug-likeness (QED) is 0.497. The van der Waals surface area contributed by atoms with Crippen LogP contribution in [0.15, 0.2) is 11.1 Å². The van der Waals surface area contributed by atoms with Crippen molar-refractivity contribution in [1.82, 2.24) is 5.32 Å². The molecule has 1 N–H and O–H groups in total. The van der Waals surface area contributed by atoms with Crippen molar-refractivity contribution in [2.24, 2.45) is 40.9 Å². The Bertz CT molecular complexity index is 777. The molecule has 0 radical (unpaired) electrons.